The van der Waals surface area contributed by atoms with Crippen molar-refractivity contribution in [3.05, 3.63) is 63.2 Å². The van der Waals surface area contributed by atoms with Crippen molar-refractivity contribution in [1.29, 1.82) is 0 Å². The van der Waals surface area contributed by atoms with E-state index in [0.717, 1.165) is 11.8 Å². The molecular weight excluding hydrogens is 334 g/mol. The average molecular weight is 350 g/mol. The number of aliphatic hydroxyl groups is 1. The van der Waals surface area contributed by atoms with Crippen LogP contribution in [0.4, 0.5) is 17.1 Å². The number of carbonyl (C=O) groups is 1. The van der Waals surface area contributed by atoms with Crippen LogP contribution in [0.15, 0.2) is 42.5 Å². The van der Waals surface area contributed by atoms with E-state index in [0.29, 0.717) is 12.2 Å². The number of nitrogens with zero attached hydrogens (tertiary/aromatic N) is 2. The number of amides is 1. The summed E-state index contributed by atoms with van der Waals surface area (Å²) < 4.78 is 0. The number of aliphatic hydroxyl groups excluding tert-OH is 1. The van der Waals surface area contributed by atoms with Gasteiger partial charge in [0.2, 0.25) is 0 Å². The molecule has 8 heteroatoms. The molecule has 2 N–H and O–H groups in total. The molecule has 2 rings (SSSR count). The van der Waals surface area contributed by atoms with E-state index in [1.54, 1.807) is 24.3 Å². The summed E-state index contributed by atoms with van der Waals surface area (Å²) in [5, 5.41) is 22.8. The molecule has 0 heterocycles. The molecule has 0 aromatic heterocycles. The maximum Gasteiger partial charge on any atom is 0.283 e. The number of halogens is 1. The largest absolute Gasteiger partial charge is 0.395 e. The number of rotatable bonds is 6. The van der Waals surface area contributed by atoms with Gasteiger partial charge in [0.15, 0.2) is 0 Å². The lowest BCUT2D eigenvalue weighted by Crippen LogP contribution is -2.21. The highest BCUT2D eigenvalue weighted by atomic mass is 35.5. The Kier molecular flexibility index (Phi) is 5.73. The fourth-order valence-electron chi connectivity index (χ4n) is 2.12. The normalized spacial score (nSPS) is 10.3. The Balaban J connectivity index is 2.17. The zero-order valence-electron chi connectivity index (χ0n) is 12.9. The Morgan fingerprint density at radius 2 is 1.96 bits per heavy atom. The average Bonchev–Trinajstić information content (AvgIpc) is 2.55. The molecule has 0 radical (unpaired) electrons. The van der Waals surface area contributed by atoms with Gasteiger partial charge in [-0.1, -0.05) is 11.6 Å². The maximum atomic E-state index is 12.3. The van der Waals surface area contributed by atoms with Gasteiger partial charge in [0, 0.05) is 36.1 Å². The molecular formula is C16H16ClN3O4. The standard InChI is InChI=1S/C16H16ClN3O4/c1-19(8-9-21)13-5-3-12(4-6-13)18-16(22)14-7-2-11(17)10-15(14)20(23)24/h2-7,10,21H,8-9H2,1H3,(H,18,22). The predicted octanol–water partition coefficient (Wildman–Crippen LogP) is 2.93. The minimum atomic E-state index is -0.645. The second-order valence-electron chi connectivity index (χ2n) is 5.06. The van der Waals surface area contributed by atoms with Crippen molar-refractivity contribution in [2.24, 2.45) is 0 Å². The minimum absolute atomic E-state index is 0.0369. The Hall–Kier alpha value is -2.64. The minimum Gasteiger partial charge on any atom is -0.395 e. The lowest BCUT2D eigenvalue weighted by molar-refractivity contribution is -0.385. The van der Waals surface area contributed by atoms with Gasteiger partial charge < -0.3 is 15.3 Å². The number of hydrogen-bond donors (Lipinski definition) is 2. The van der Waals surface area contributed by atoms with E-state index >= 15 is 0 Å². The number of likely N-dealkylation sites (N-methyl/N-ethyl adjacent to an activating group) is 1. The van der Waals surface area contributed by atoms with Crippen LogP contribution in [0.25, 0.3) is 0 Å². The van der Waals surface area contributed by atoms with Crippen LogP contribution >= 0.6 is 11.6 Å². The fourth-order valence-corrected chi connectivity index (χ4v) is 2.29. The summed E-state index contributed by atoms with van der Waals surface area (Å²) in [4.78, 5) is 24.5. The summed E-state index contributed by atoms with van der Waals surface area (Å²) in [6.45, 7) is 0.526. The summed E-state index contributed by atoms with van der Waals surface area (Å²) in [6, 6.07) is 10.8. The van der Waals surface area contributed by atoms with Crippen LogP contribution in [0.1, 0.15) is 10.4 Å². The van der Waals surface area contributed by atoms with Gasteiger partial charge in [0.25, 0.3) is 11.6 Å². The van der Waals surface area contributed by atoms with Crippen molar-refractivity contribution in [2.75, 3.05) is 30.4 Å². The summed E-state index contributed by atoms with van der Waals surface area (Å²) in [5.41, 5.74) is 0.968. The molecule has 0 atom stereocenters. The summed E-state index contributed by atoms with van der Waals surface area (Å²) >= 11 is 5.74. The first-order chi connectivity index (χ1) is 11.4. The second kappa shape index (κ2) is 7.76. The van der Waals surface area contributed by atoms with E-state index in [9.17, 15) is 14.9 Å². The monoisotopic (exact) mass is 349 g/mol. The quantitative estimate of drug-likeness (QED) is 0.617. The molecule has 2 aromatic rings. The maximum absolute atomic E-state index is 12.3. The number of hydrogen-bond acceptors (Lipinski definition) is 5. The van der Waals surface area contributed by atoms with E-state index in [1.165, 1.54) is 12.1 Å². The molecule has 0 unspecified atom stereocenters. The molecule has 0 aliphatic rings. The van der Waals surface area contributed by atoms with Crippen molar-refractivity contribution >= 4 is 34.6 Å². The van der Waals surface area contributed by atoms with Crippen molar-refractivity contribution in [1.82, 2.24) is 0 Å². The van der Waals surface area contributed by atoms with E-state index in [1.807, 2.05) is 11.9 Å². The van der Waals surface area contributed by atoms with Crippen molar-refractivity contribution < 1.29 is 14.8 Å². The third-order valence-electron chi connectivity index (χ3n) is 3.40. The molecule has 2 aromatic carbocycles. The van der Waals surface area contributed by atoms with E-state index in [-0.39, 0.29) is 22.9 Å². The Morgan fingerprint density at radius 3 is 2.54 bits per heavy atom. The van der Waals surface area contributed by atoms with Gasteiger partial charge >= 0.3 is 0 Å². The second-order valence-corrected chi connectivity index (χ2v) is 5.50. The molecule has 7 nitrogen and oxygen atoms in total. The lowest BCUT2D eigenvalue weighted by Gasteiger charge is -2.18. The highest BCUT2D eigenvalue weighted by Crippen LogP contribution is 2.24. The van der Waals surface area contributed by atoms with Crippen molar-refractivity contribution in [3.63, 3.8) is 0 Å². The van der Waals surface area contributed by atoms with Crippen molar-refractivity contribution in [2.45, 2.75) is 0 Å². The van der Waals surface area contributed by atoms with Gasteiger partial charge in [0.1, 0.15) is 5.56 Å². The van der Waals surface area contributed by atoms with Crippen LogP contribution < -0.4 is 10.2 Å². The first-order valence-corrected chi connectivity index (χ1v) is 7.47. The predicted molar refractivity (Wildman–Crippen MR) is 92.9 cm³/mol. The first kappa shape index (κ1) is 17.7. The number of benzene rings is 2. The van der Waals surface area contributed by atoms with Crippen LogP contribution in [0, 0.1) is 10.1 Å². The smallest absolute Gasteiger partial charge is 0.283 e. The van der Waals surface area contributed by atoms with Crippen LogP contribution in [0.5, 0.6) is 0 Å². The van der Waals surface area contributed by atoms with Crippen LogP contribution in [0.2, 0.25) is 5.02 Å². The highest BCUT2D eigenvalue weighted by Gasteiger charge is 2.20. The molecule has 0 saturated heterocycles. The van der Waals surface area contributed by atoms with E-state index < -0.39 is 10.8 Å². The van der Waals surface area contributed by atoms with Gasteiger partial charge in [0.05, 0.1) is 11.5 Å². The van der Waals surface area contributed by atoms with Crippen molar-refractivity contribution in [3.8, 4) is 0 Å². The fraction of sp³-hybridized carbons (Fsp3) is 0.188. The molecule has 0 saturated carbocycles. The topological polar surface area (TPSA) is 95.7 Å². The van der Waals surface area contributed by atoms with Gasteiger partial charge in [-0.25, -0.2) is 0 Å². The van der Waals surface area contributed by atoms with Gasteiger partial charge in [-0.05, 0) is 36.4 Å². The molecule has 0 aliphatic heterocycles. The number of nitrogens with one attached hydrogen (secondary N) is 1. The highest BCUT2D eigenvalue weighted by molar-refractivity contribution is 6.31. The Morgan fingerprint density at radius 1 is 1.29 bits per heavy atom. The number of carbonyl (C=O) groups excluding carboxylic acids is 1. The zero-order valence-corrected chi connectivity index (χ0v) is 13.7. The molecule has 1 amide bonds. The Bertz CT molecular complexity index is 749. The first-order valence-electron chi connectivity index (χ1n) is 7.09. The summed E-state index contributed by atoms with van der Waals surface area (Å²) in [7, 11) is 1.83. The van der Waals surface area contributed by atoms with E-state index in [2.05, 4.69) is 5.32 Å². The number of nitro groups is 1. The third-order valence-corrected chi connectivity index (χ3v) is 3.64. The SMILES string of the molecule is CN(CCO)c1ccc(NC(=O)c2ccc(Cl)cc2[N+](=O)[O-])cc1. The van der Waals surface area contributed by atoms with Crippen LogP contribution in [-0.4, -0.2) is 36.1 Å². The van der Waals surface area contributed by atoms with Crippen LogP contribution in [0.3, 0.4) is 0 Å². The van der Waals surface area contributed by atoms with E-state index in [4.69, 9.17) is 16.7 Å². The molecule has 0 fully saturated rings. The summed E-state index contributed by atoms with van der Waals surface area (Å²) in [5.74, 6) is -0.588. The molecule has 24 heavy (non-hydrogen) atoms. The number of nitro benzene ring substituents is 1. The molecule has 0 spiro atoms. The van der Waals surface area contributed by atoms with Gasteiger partial charge in [-0.3, -0.25) is 14.9 Å². The Labute approximate surface area is 143 Å². The molecule has 0 bridgehead atoms. The van der Waals surface area contributed by atoms with Crippen LogP contribution in [-0.2, 0) is 0 Å². The van der Waals surface area contributed by atoms with Gasteiger partial charge in [-0.2, -0.15) is 0 Å². The van der Waals surface area contributed by atoms with Gasteiger partial charge in [-0.15, -0.1) is 0 Å². The lowest BCUT2D eigenvalue weighted by atomic mass is 10.1. The molecule has 0 aliphatic carbocycles. The third kappa shape index (κ3) is 4.21. The molecule has 126 valence electrons. The zero-order chi connectivity index (χ0) is 17.7. The summed E-state index contributed by atoms with van der Waals surface area (Å²) in [6.07, 6.45) is 0. The number of anilines is 2.